The van der Waals surface area contributed by atoms with Crippen LogP contribution in [-0.2, 0) is 4.79 Å². The van der Waals surface area contributed by atoms with Gasteiger partial charge >= 0.3 is 0 Å². The van der Waals surface area contributed by atoms with E-state index in [4.69, 9.17) is 4.74 Å². The molecule has 0 aliphatic heterocycles. The van der Waals surface area contributed by atoms with Crippen LogP contribution < -0.4 is 15.4 Å². The molecule has 0 saturated heterocycles. The van der Waals surface area contributed by atoms with E-state index in [1.54, 1.807) is 73.8 Å². The van der Waals surface area contributed by atoms with E-state index in [9.17, 15) is 14.4 Å². The van der Waals surface area contributed by atoms with Gasteiger partial charge in [0.2, 0.25) is 0 Å². The van der Waals surface area contributed by atoms with Gasteiger partial charge < -0.3 is 15.4 Å². The molecule has 0 radical (unpaired) electrons. The van der Waals surface area contributed by atoms with E-state index in [1.165, 1.54) is 11.8 Å². The third-order valence-corrected chi connectivity index (χ3v) is 7.73. The van der Waals surface area contributed by atoms with E-state index >= 15 is 0 Å². The highest BCUT2D eigenvalue weighted by Crippen LogP contribution is 2.24. The SMILES string of the molecule is COc1ccc(C(=O)CSc2cccc(NC(=O)/C(=C/c3ccc(-c4ccccc4)cc3)NC(=O)c3ccccc3)c2)cc1. The lowest BCUT2D eigenvalue weighted by molar-refractivity contribution is -0.113. The average molecular weight is 599 g/mol. The topological polar surface area (TPSA) is 84.5 Å². The Morgan fingerprint density at radius 2 is 1.36 bits per heavy atom. The summed E-state index contributed by atoms with van der Waals surface area (Å²) in [6.45, 7) is 0. The molecule has 0 aromatic heterocycles. The fraction of sp³-hybridized carbons (Fsp3) is 0.0541. The van der Waals surface area contributed by atoms with Gasteiger partial charge in [-0.15, -0.1) is 11.8 Å². The highest BCUT2D eigenvalue weighted by atomic mass is 32.2. The molecule has 0 atom stereocenters. The van der Waals surface area contributed by atoms with Crippen molar-refractivity contribution in [2.24, 2.45) is 0 Å². The number of hydrogen-bond acceptors (Lipinski definition) is 5. The van der Waals surface area contributed by atoms with Crippen molar-refractivity contribution in [2.45, 2.75) is 4.90 Å². The molecule has 0 aliphatic rings. The minimum atomic E-state index is -0.474. The highest BCUT2D eigenvalue weighted by molar-refractivity contribution is 8.00. The quantitative estimate of drug-likeness (QED) is 0.0923. The maximum Gasteiger partial charge on any atom is 0.272 e. The Bertz CT molecular complexity index is 1770. The van der Waals surface area contributed by atoms with Crippen molar-refractivity contribution in [3.63, 3.8) is 0 Å². The van der Waals surface area contributed by atoms with Gasteiger partial charge in [0.25, 0.3) is 11.8 Å². The summed E-state index contributed by atoms with van der Waals surface area (Å²) < 4.78 is 5.16. The summed E-state index contributed by atoms with van der Waals surface area (Å²) in [5.74, 6) is 0.0441. The number of ether oxygens (including phenoxy) is 1. The number of nitrogens with one attached hydrogen (secondary N) is 2. The molecule has 2 amide bonds. The number of thioether (sulfide) groups is 1. The predicted molar refractivity (Wildman–Crippen MR) is 177 cm³/mol. The van der Waals surface area contributed by atoms with Crippen LogP contribution in [0.2, 0.25) is 0 Å². The fourth-order valence-electron chi connectivity index (χ4n) is 4.38. The van der Waals surface area contributed by atoms with Crippen molar-refractivity contribution in [1.29, 1.82) is 0 Å². The van der Waals surface area contributed by atoms with Crippen molar-refractivity contribution in [3.8, 4) is 16.9 Å². The fourth-order valence-corrected chi connectivity index (χ4v) is 5.23. The average Bonchev–Trinajstić information content (AvgIpc) is 3.08. The van der Waals surface area contributed by atoms with Gasteiger partial charge in [0.05, 0.1) is 12.9 Å². The zero-order valence-corrected chi connectivity index (χ0v) is 24.8. The lowest BCUT2D eigenvalue weighted by atomic mass is 10.0. The van der Waals surface area contributed by atoms with Gasteiger partial charge in [-0.2, -0.15) is 0 Å². The number of anilines is 1. The standard InChI is InChI=1S/C37H30N2O4S/c1-43-32-21-19-29(20-22-32)35(40)25-44-33-14-8-13-31(24-33)38-37(42)34(39-36(41)30-11-6-3-7-12-30)23-26-15-17-28(18-16-26)27-9-4-2-5-10-27/h2-24H,25H2,1H3,(H,38,42)(H,39,41)/b34-23-. The maximum atomic E-state index is 13.5. The molecule has 0 heterocycles. The lowest BCUT2D eigenvalue weighted by Crippen LogP contribution is -2.30. The Kier molecular flexibility index (Phi) is 10.0. The molecule has 0 bridgehead atoms. The van der Waals surface area contributed by atoms with Crippen LogP contribution in [0.5, 0.6) is 5.75 Å². The summed E-state index contributed by atoms with van der Waals surface area (Å²) >= 11 is 1.38. The molecule has 0 spiro atoms. The first-order valence-electron chi connectivity index (χ1n) is 13.9. The number of Topliss-reactive ketones (excluding diaryl/α,β-unsaturated/α-hetero) is 1. The Morgan fingerprint density at radius 3 is 2.05 bits per heavy atom. The minimum absolute atomic E-state index is 0.0146. The Morgan fingerprint density at radius 1 is 0.705 bits per heavy atom. The molecule has 218 valence electrons. The molecular formula is C37H30N2O4S. The summed E-state index contributed by atoms with van der Waals surface area (Å²) in [7, 11) is 1.58. The third kappa shape index (κ3) is 8.12. The molecule has 7 heteroatoms. The van der Waals surface area contributed by atoms with Crippen molar-refractivity contribution in [1.82, 2.24) is 5.32 Å². The molecule has 5 aromatic rings. The Balaban J connectivity index is 1.31. The van der Waals surface area contributed by atoms with E-state index in [0.717, 1.165) is 21.6 Å². The number of methoxy groups -OCH3 is 1. The third-order valence-electron chi connectivity index (χ3n) is 6.73. The van der Waals surface area contributed by atoms with E-state index in [2.05, 4.69) is 10.6 Å². The first kappa shape index (κ1) is 30.1. The smallest absolute Gasteiger partial charge is 0.272 e. The van der Waals surface area contributed by atoms with Crippen molar-refractivity contribution < 1.29 is 19.1 Å². The summed E-state index contributed by atoms with van der Waals surface area (Å²) in [5, 5.41) is 5.68. The van der Waals surface area contributed by atoms with Crippen LogP contribution in [0.3, 0.4) is 0 Å². The summed E-state index contributed by atoms with van der Waals surface area (Å²) in [6.07, 6.45) is 1.65. The summed E-state index contributed by atoms with van der Waals surface area (Å²) in [6, 6.07) is 40.7. The molecule has 6 nitrogen and oxygen atoms in total. The molecule has 0 fully saturated rings. The second-order valence-electron chi connectivity index (χ2n) is 9.79. The Labute approximate surface area is 260 Å². The Hall–Kier alpha value is -5.40. The molecule has 0 unspecified atom stereocenters. The number of amides is 2. The van der Waals surface area contributed by atoms with Crippen molar-refractivity contribution in [3.05, 3.63) is 156 Å². The predicted octanol–water partition coefficient (Wildman–Crippen LogP) is 7.75. The first-order chi connectivity index (χ1) is 21.5. The number of carbonyl (C=O) groups is 3. The second-order valence-corrected chi connectivity index (χ2v) is 10.8. The minimum Gasteiger partial charge on any atom is -0.497 e. The largest absolute Gasteiger partial charge is 0.497 e. The number of hydrogen-bond donors (Lipinski definition) is 2. The normalized spacial score (nSPS) is 11.0. The highest BCUT2D eigenvalue weighted by Gasteiger charge is 2.16. The van der Waals surface area contributed by atoms with Gasteiger partial charge in [-0.3, -0.25) is 14.4 Å². The first-order valence-corrected chi connectivity index (χ1v) is 14.9. The van der Waals surface area contributed by atoms with E-state index in [1.807, 2.05) is 72.8 Å². The second kappa shape index (κ2) is 14.7. The zero-order valence-electron chi connectivity index (χ0n) is 24.0. The molecule has 44 heavy (non-hydrogen) atoms. The molecule has 5 aromatic carbocycles. The summed E-state index contributed by atoms with van der Waals surface area (Å²) in [5.41, 5.74) is 4.55. The van der Waals surface area contributed by atoms with Crippen LogP contribution in [0.25, 0.3) is 17.2 Å². The molecule has 0 saturated carbocycles. The van der Waals surface area contributed by atoms with Crippen LogP contribution in [0.4, 0.5) is 5.69 Å². The van der Waals surface area contributed by atoms with Crippen LogP contribution in [0.15, 0.2) is 144 Å². The van der Waals surface area contributed by atoms with Crippen LogP contribution >= 0.6 is 11.8 Å². The summed E-state index contributed by atoms with van der Waals surface area (Å²) in [4.78, 5) is 40.0. The van der Waals surface area contributed by atoms with Gasteiger partial charge in [-0.25, -0.2) is 0 Å². The van der Waals surface area contributed by atoms with E-state index in [0.29, 0.717) is 22.6 Å². The number of ketones is 1. The van der Waals surface area contributed by atoms with Crippen molar-refractivity contribution in [2.75, 3.05) is 18.2 Å². The number of carbonyl (C=O) groups excluding carboxylic acids is 3. The van der Waals surface area contributed by atoms with E-state index in [-0.39, 0.29) is 17.2 Å². The van der Waals surface area contributed by atoms with Crippen LogP contribution in [-0.4, -0.2) is 30.5 Å². The molecule has 5 rings (SSSR count). The van der Waals surface area contributed by atoms with Gasteiger partial charge in [0.15, 0.2) is 5.78 Å². The monoisotopic (exact) mass is 598 g/mol. The maximum absolute atomic E-state index is 13.5. The molecule has 0 aliphatic carbocycles. The van der Waals surface area contributed by atoms with Crippen molar-refractivity contribution >= 4 is 41.1 Å². The van der Waals surface area contributed by atoms with Crippen LogP contribution in [0.1, 0.15) is 26.3 Å². The zero-order chi connectivity index (χ0) is 30.7. The van der Waals surface area contributed by atoms with Gasteiger partial charge in [0.1, 0.15) is 11.4 Å². The lowest BCUT2D eigenvalue weighted by Gasteiger charge is -2.12. The molecular weight excluding hydrogens is 568 g/mol. The van der Waals surface area contributed by atoms with Crippen LogP contribution in [0, 0.1) is 0 Å². The molecule has 2 N–H and O–H groups in total. The van der Waals surface area contributed by atoms with E-state index < -0.39 is 11.8 Å². The van der Waals surface area contributed by atoms with Gasteiger partial charge in [0, 0.05) is 21.7 Å². The number of rotatable bonds is 11. The van der Waals surface area contributed by atoms with Gasteiger partial charge in [-0.1, -0.05) is 78.9 Å². The number of benzene rings is 5. The van der Waals surface area contributed by atoms with Gasteiger partial charge in [-0.05, 0) is 77.4 Å².